The van der Waals surface area contributed by atoms with Crippen LogP contribution in [0.2, 0.25) is 0 Å². The van der Waals surface area contributed by atoms with Crippen LogP contribution in [0.1, 0.15) is 66.2 Å². The van der Waals surface area contributed by atoms with Gasteiger partial charge in [0.25, 0.3) is 0 Å². The second kappa shape index (κ2) is 19.1. The maximum Gasteiger partial charge on any atom is 0.402 e. The van der Waals surface area contributed by atoms with Crippen molar-refractivity contribution in [1.82, 2.24) is 10.6 Å². The number of ether oxygens (including phenoxy) is 1. The van der Waals surface area contributed by atoms with Gasteiger partial charge >= 0.3 is 6.09 Å². The fraction of sp³-hybridized carbons (Fsp3) is 0.577. The molecular weight excluding hydrogens is 446 g/mol. The van der Waals surface area contributed by atoms with Gasteiger partial charge in [-0.2, -0.15) is 0 Å². The Morgan fingerprint density at radius 2 is 1.91 bits per heavy atom. The summed E-state index contributed by atoms with van der Waals surface area (Å²) in [6, 6.07) is 0. The highest BCUT2D eigenvalue weighted by Crippen LogP contribution is 2.38. The molecule has 2 aliphatic carbocycles. The molecule has 1 unspecified atom stereocenters. The van der Waals surface area contributed by atoms with E-state index in [1.165, 1.54) is 38.5 Å². The number of carbonyl (C=O) groups excluding carboxylic acids is 1. The van der Waals surface area contributed by atoms with Gasteiger partial charge in [-0.15, -0.1) is 12.8 Å². The van der Waals surface area contributed by atoms with Crippen molar-refractivity contribution >= 4 is 18.6 Å². The van der Waals surface area contributed by atoms with Gasteiger partial charge in [0.15, 0.2) is 6.29 Å². The molecule has 0 aromatic heterocycles. The van der Waals surface area contributed by atoms with Crippen LogP contribution in [-0.2, 0) is 9.53 Å². The first-order chi connectivity index (χ1) is 16.4. The molecule has 198 valence electrons. The molecule has 0 heterocycles. The summed E-state index contributed by atoms with van der Waals surface area (Å²) in [6.07, 6.45) is 20.0. The molecule has 9 heteroatoms. The third-order valence-electron chi connectivity index (χ3n) is 4.99. The Bertz CT molecular complexity index is 747. The van der Waals surface area contributed by atoms with Crippen LogP contribution in [0.4, 0.5) is 4.79 Å². The van der Waals surface area contributed by atoms with Gasteiger partial charge in [-0.05, 0) is 70.3 Å². The van der Waals surface area contributed by atoms with Gasteiger partial charge in [0.1, 0.15) is 0 Å². The summed E-state index contributed by atoms with van der Waals surface area (Å²) in [6.45, 7) is 8.16. The van der Waals surface area contributed by atoms with E-state index in [2.05, 4.69) is 36.3 Å². The zero-order chi connectivity index (χ0) is 27.4. The fourth-order valence-electron chi connectivity index (χ4n) is 3.45. The molecule has 2 aliphatic rings. The predicted octanol–water partition coefficient (Wildman–Crippen LogP) is 3.88. The van der Waals surface area contributed by atoms with E-state index in [-0.39, 0.29) is 11.5 Å². The highest BCUT2D eigenvalue weighted by atomic mass is 16.5. The lowest BCUT2D eigenvalue weighted by Gasteiger charge is -2.31. The molecule has 2 rings (SSSR count). The Morgan fingerprint density at radius 1 is 1.31 bits per heavy atom. The summed E-state index contributed by atoms with van der Waals surface area (Å²) >= 11 is 0. The van der Waals surface area contributed by atoms with Crippen LogP contribution in [0.3, 0.4) is 0 Å². The van der Waals surface area contributed by atoms with Crippen LogP contribution in [-0.4, -0.2) is 42.9 Å². The van der Waals surface area contributed by atoms with Gasteiger partial charge in [0.05, 0.1) is 12.2 Å². The van der Waals surface area contributed by atoms with E-state index in [1.807, 2.05) is 27.7 Å². The van der Waals surface area contributed by atoms with Gasteiger partial charge in [0, 0.05) is 30.7 Å². The number of carbonyl (C=O) groups is 2. The predicted molar refractivity (Wildman–Crippen MR) is 143 cm³/mol. The number of aldehydes is 1. The molecule has 1 amide bonds. The third kappa shape index (κ3) is 17.8. The smallest absolute Gasteiger partial charge is 0.402 e. The van der Waals surface area contributed by atoms with E-state index >= 15 is 0 Å². The van der Waals surface area contributed by atoms with E-state index in [4.69, 9.17) is 25.8 Å². The van der Waals surface area contributed by atoms with Crippen LogP contribution >= 0.6 is 0 Å². The Balaban J connectivity index is 0. The van der Waals surface area contributed by atoms with Gasteiger partial charge in [-0.3, -0.25) is 4.79 Å². The van der Waals surface area contributed by atoms with Crippen LogP contribution < -0.4 is 22.1 Å². The number of fused-ring (bicyclic) bond motifs is 2. The lowest BCUT2D eigenvalue weighted by atomic mass is 9.77. The summed E-state index contributed by atoms with van der Waals surface area (Å²) in [4.78, 5) is 19.6. The van der Waals surface area contributed by atoms with Crippen molar-refractivity contribution < 1.29 is 19.4 Å². The van der Waals surface area contributed by atoms with Gasteiger partial charge in [-0.1, -0.05) is 19.4 Å². The highest BCUT2D eigenvalue weighted by Gasteiger charge is 2.23. The number of primary amides is 1. The minimum atomic E-state index is -1.33. The maximum atomic E-state index is 10.8. The van der Waals surface area contributed by atoms with E-state index in [0.717, 1.165) is 12.1 Å². The van der Waals surface area contributed by atoms with Gasteiger partial charge in [-0.25, -0.2) is 4.79 Å². The molecule has 35 heavy (non-hydrogen) atoms. The van der Waals surface area contributed by atoms with Crippen LogP contribution in [0.5, 0.6) is 0 Å². The first-order valence-corrected chi connectivity index (χ1v) is 11.7. The van der Waals surface area contributed by atoms with Crippen LogP contribution in [0, 0.1) is 30.1 Å². The SMILES string of the molecule is C#C.CC(C)CO/C(N/C=C/C(C)(C)N)=C(/C=N)C=O.CNC1=C2CCCC(CC1)C2.NC(=O)O. The van der Waals surface area contributed by atoms with Crippen molar-refractivity contribution in [2.45, 2.75) is 71.8 Å². The molecule has 0 spiro atoms. The van der Waals surface area contributed by atoms with Gasteiger partial charge < -0.3 is 37.4 Å². The zero-order valence-corrected chi connectivity index (χ0v) is 21.9. The number of rotatable bonds is 9. The number of amides is 1. The Kier molecular flexibility index (Phi) is 18.5. The molecule has 1 saturated carbocycles. The number of allylic oxidation sites excluding steroid dienone is 3. The Labute approximate surface area is 210 Å². The van der Waals surface area contributed by atoms with Crippen molar-refractivity contribution in [1.29, 1.82) is 5.41 Å². The topological polar surface area (TPSA) is 164 Å². The number of hydrogen-bond acceptors (Lipinski definition) is 7. The van der Waals surface area contributed by atoms with E-state index < -0.39 is 11.6 Å². The Morgan fingerprint density at radius 3 is 2.37 bits per heavy atom. The fourth-order valence-corrected chi connectivity index (χ4v) is 3.45. The normalized spacial score (nSPS) is 17.2. The summed E-state index contributed by atoms with van der Waals surface area (Å²) in [5, 5.41) is 20.5. The lowest BCUT2D eigenvalue weighted by molar-refractivity contribution is -0.104. The van der Waals surface area contributed by atoms with Crippen molar-refractivity contribution in [2.24, 2.45) is 23.3 Å². The van der Waals surface area contributed by atoms with Gasteiger partial charge in [0.2, 0.25) is 5.88 Å². The highest BCUT2D eigenvalue weighted by molar-refractivity contribution is 6.00. The van der Waals surface area contributed by atoms with Crippen LogP contribution in [0.15, 0.2) is 35.0 Å². The molecule has 0 aliphatic heterocycles. The molecule has 8 N–H and O–H groups in total. The molecule has 2 bridgehead atoms. The number of terminal acetylenes is 1. The quantitative estimate of drug-likeness (QED) is 0.0936. The van der Waals surface area contributed by atoms with Crippen molar-refractivity contribution in [2.75, 3.05) is 13.7 Å². The minimum absolute atomic E-state index is 0.162. The van der Waals surface area contributed by atoms with E-state index in [1.54, 1.807) is 23.5 Å². The van der Waals surface area contributed by atoms with E-state index in [0.29, 0.717) is 18.8 Å². The standard InChI is InChI=1S/C13H23N3O2.C10H17N.C2H2.CH3NO2/c1-10(2)9-18-12(11(7-14)8-17)16-6-5-13(3,4)15;1-11-10-6-5-8-3-2-4-9(10)7-8;1-2;2-1(3)4/h5-8,10,14,16H,9,15H2,1-4H3;8,11H,2-7H2,1H3;1-2H;2H2,(H,3,4)/b6-5+,12-11-,14-7?;;;. The van der Waals surface area contributed by atoms with Crippen LogP contribution in [0.25, 0.3) is 0 Å². The summed E-state index contributed by atoms with van der Waals surface area (Å²) in [5.41, 5.74) is 12.8. The third-order valence-corrected chi connectivity index (χ3v) is 4.99. The van der Waals surface area contributed by atoms with Crippen molar-refractivity contribution in [3.8, 4) is 12.8 Å². The second-order valence-electron chi connectivity index (χ2n) is 9.22. The number of carboxylic acid groups (broad SMARTS) is 1. The van der Waals surface area contributed by atoms with Crippen molar-refractivity contribution in [3.05, 3.63) is 35.0 Å². The largest absolute Gasteiger partial charge is 0.478 e. The maximum absolute atomic E-state index is 10.8. The molecule has 1 fully saturated rings. The average Bonchev–Trinajstić information content (AvgIpc) is 2.79. The minimum Gasteiger partial charge on any atom is -0.478 e. The van der Waals surface area contributed by atoms with Crippen molar-refractivity contribution in [3.63, 3.8) is 0 Å². The average molecular weight is 492 g/mol. The summed E-state index contributed by atoms with van der Waals surface area (Å²) in [5.74, 6) is 1.64. The lowest BCUT2D eigenvalue weighted by Crippen LogP contribution is -2.29. The zero-order valence-electron chi connectivity index (χ0n) is 21.9. The van der Waals surface area contributed by atoms with E-state index in [9.17, 15) is 4.79 Å². The monoisotopic (exact) mass is 491 g/mol. The number of nitrogens with one attached hydrogen (secondary N) is 3. The molecular formula is C26H45N5O4. The molecule has 0 saturated heterocycles. The number of nitrogens with two attached hydrogens (primary N) is 2. The first kappa shape index (κ1) is 33.9. The molecule has 9 nitrogen and oxygen atoms in total. The number of hydrogen-bond donors (Lipinski definition) is 6. The molecule has 1 atom stereocenters. The second-order valence-corrected chi connectivity index (χ2v) is 9.22. The molecule has 0 aromatic rings. The first-order valence-electron chi connectivity index (χ1n) is 11.7. The summed E-state index contributed by atoms with van der Waals surface area (Å²) < 4.78 is 5.46. The molecule has 0 radical (unpaired) electrons. The molecule has 0 aromatic carbocycles. The summed E-state index contributed by atoms with van der Waals surface area (Å²) in [7, 11) is 2.07. The Hall–Kier alpha value is -3.25.